The van der Waals surface area contributed by atoms with E-state index in [9.17, 15) is 9.59 Å². The van der Waals surface area contributed by atoms with E-state index in [2.05, 4.69) is 44.7 Å². The molecule has 1 N–H and O–H groups in total. The first kappa shape index (κ1) is 21.4. The Kier molecular flexibility index (Phi) is 7.44. The van der Waals surface area contributed by atoms with Crippen molar-refractivity contribution in [2.75, 3.05) is 24.5 Å². The first-order valence-corrected chi connectivity index (χ1v) is 10.2. The number of carboxylic acids is 1. The Morgan fingerprint density at radius 3 is 2.22 bits per heavy atom. The molecule has 1 aromatic rings. The highest BCUT2D eigenvalue weighted by Gasteiger charge is 2.33. The van der Waals surface area contributed by atoms with E-state index in [4.69, 9.17) is 17.3 Å². The monoisotopic (exact) mass is 406 g/mol. The lowest BCUT2D eigenvalue weighted by atomic mass is 10.1. The standard InChI is InChI=1S/C20H26N2O3S2/c1-13(2)10-21(11-14(3)4)16-7-5-15(6-8-16)9-17-19(25)22(12-18(23)24)20(26)27-17/h5-9,13-14H,10-12H2,1-4H3,(H,23,24). The van der Waals surface area contributed by atoms with Gasteiger partial charge in [-0.25, -0.2) is 0 Å². The van der Waals surface area contributed by atoms with Crippen molar-refractivity contribution in [1.82, 2.24) is 4.90 Å². The lowest BCUT2D eigenvalue weighted by molar-refractivity contribution is -0.140. The number of amides is 1. The molecule has 1 heterocycles. The predicted octanol–water partition coefficient (Wildman–Crippen LogP) is 4.09. The molecule has 1 fully saturated rings. The lowest BCUT2D eigenvalue weighted by Crippen LogP contribution is -2.33. The number of thiocarbonyl (C=S) groups is 1. The number of carbonyl (C=O) groups excluding carboxylic acids is 1. The van der Waals surface area contributed by atoms with Crippen LogP contribution in [0.5, 0.6) is 0 Å². The van der Waals surface area contributed by atoms with E-state index in [-0.39, 0.29) is 10.2 Å². The molecule has 5 nitrogen and oxygen atoms in total. The van der Waals surface area contributed by atoms with Crippen molar-refractivity contribution < 1.29 is 14.7 Å². The molecule has 7 heteroatoms. The average molecular weight is 407 g/mol. The first-order valence-electron chi connectivity index (χ1n) is 8.99. The number of thioether (sulfide) groups is 1. The molecule has 0 radical (unpaired) electrons. The van der Waals surface area contributed by atoms with Crippen LogP contribution in [-0.4, -0.2) is 45.8 Å². The number of hydrogen-bond donors (Lipinski definition) is 1. The third kappa shape index (κ3) is 6.07. The minimum Gasteiger partial charge on any atom is -0.480 e. The number of nitrogens with zero attached hydrogens (tertiary/aromatic N) is 2. The van der Waals surface area contributed by atoms with Crippen LogP contribution in [0, 0.1) is 11.8 Å². The van der Waals surface area contributed by atoms with E-state index >= 15 is 0 Å². The van der Waals surface area contributed by atoms with Gasteiger partial charge in [0.1, 0.15) is 10.9 Å². The Labute approximate surface area is 170 Å². The van der Waals surface area contributed by atoms with Crippen LogP contribution in [0.2, 0.25) is 0 Å². The second-order valence-corrected chi connectivity index (χ2v) is 9.12. The molecule has 0 saturated carbocycles. The van der Waals surface area contributed by atoms with Crippen molar-refractivity contribution in [2.24, 2.45) is 11.8 Å². The van der Waals surface area contributed by atoms with Gasteiger partial charge in [0.25, 0.3) is 5.91 Å². The molecule has 1 amide bonds. The Morgan fingerprint density at radius 2 is 1.74 bits per heavy atom. The number of carboxylic acid groups (broad SMARTS) is 1. The maximum Gasteiger partial charge on any atom is 0.323 e. The predicted molar refractivity (Wildman–Crippen MR) is 116 cm³/mol. The van der Waals surface area contributed by atoms with Gasteiger partial charge in [0.2, 0.25) is 0 Å². The third-order valence-electron chi connectivity index (χ3n) is 3.89. The molecule has 27 heavy (non-hydrogen) atoms. The van der Waals surface area contributed by atoms with Gasteiger partial charge < -0.3 is 10.0 Å². The van der Waals surface area contributed by atoms with Gasteiger partial charge in [-0.1, -0.05) is 63.8 Å². The summed E-state index contributed by atoms with van der Waals surface area (Å²) in [5.41, 5.74) is 2.05. The van der Waals surface area contributed by atoms with Crippen molar-refractivity contribution in [3.8, 4) is 0 Å². The Morgan fingerprint density at radius 1 is 1.19 bits per heavy atom. The zero-order chi connectivity index (χ0) is 20.1. The summed E-state index contributed by atoms with van der Waals surface area (Å²) in [7, 11) is 0. The summed E-state index contributed by atoms with van der Waals surface area (Å²) in [5.74, 6) is -0.288. The van der Waals surface area contributed by atoms with Crippen molar-refractivity contribution in [3.05, 3.63) is 34.7 Å². The second kappa shape index (κ2) is 9.37. The fourth-order valence-corrected chi connectivity index (χ4v) is 4.13. The van der Waals surface area contributed by atoms with Gasteiger partial charge in [0.15, 0.2) is 0 Å². The summed E-state index contributed by atoms with van der Waals surface area (Å²) in [6.07, 6.45) is 1.76. The van der Waals surface area contributed by atoms with Crippen LogP contribution in [0.4, 0.5) is 5.69 Å². The molecule has 1 aliphatic heterocycles. The Balaban J connectivity index is 2.17. The second-order valence-electron chi connectivity index (χ2n) is 7.45. The summed E-state index contributed by atoms with van der Waals surface area (Å²) in [5, 5.41) is 8.91. The molecule has 0 bridgehead atoms. The van der Waals surface area contributed by atoms with Gasteiger partial charge in [-0.15, -0.1) is 0 Å². The fourth-order valence-electron chi connectivity index (χ4n) is 2.87. The van der Waals surface area contributed by atoms with E-state index in [0.717, 1.165) is 41.0 Å². The van der Waals surface area contributed by atoms with Gasteiger partial charge in [-0.2, -0.15) is 0 Å². The minimum atomic E-state index is -1.08. The average Bonchev–Trinajstić information content (AvgIpc) is 2.81. The van der Waals surface area contributed by atoms with Crippen LogP contribution in [-0.2, 0) is 9.59 Å². The molecule has 1 aliphatic rings. The quantitative estimate of drug-likeness (QED) is 0.518. The summed E-state index contributed by atoms with van der Waals surface area (Å²) in [4.78, 5) is 27.2. The zero-order valence-corrected chi connectivity index (χ0v) is 17.8. The smallest absolute Gasteiger partial charge is 0.323 e. The third-order valence-corrected chi connectivity index (χ3v) is 5.27. The van der Waals surface area contributed by atoms with E-state index in [1.54, 1.807) is 6.08 Å². The van der Waals surface area contributed by atoms with Gasteiger partial charge in [-0.05, 0) is 35.6 Å². The van der Waals surface area contributed by atoms with Crippen molar-refractivity contribution >= 4 is 51.9 Å². The molecular weight excluding hydrogens is 380 g/mol. The number of hydrogen-bond acceptors (Lipinski definition) is 5. The van der Waals surface area contributed by atoms with Crippen molar-refractivity contribution in [1.29, 1.82) is 0 Å². The number of carbonyl (C=O) groups is 2. The van der Waals surface area contributed by atoms with Gasteiger partial charge in [-0.3, -0.25) is 14.5 Å². The number of aliphatic carboxylic acids is 1. The summed E-state index contributed by atoms with van der Waals surface area (Å²) in [6.45, 7) is 10.4. The Bertz CT molecular complexity index is 732. The maximum absolute atomic E-state index is 12.4. The van der Waals surface area contributed by atoms with Crippen LogP contribution in [0.3, 0.4) is 0 Å². The molecule has 0 aromatic heterocycles. The fraction of sp³-hybridized carbons (Fsp3) is 0.450. The molecule has 1 saturated heterocycles. The van der Waals surface area contributed by atoms with Crippen LogP contribution in [0.1, 0.15) is 33.3 Å². The topological polar surface area (TPSA) is 60.9 Å². The molecule has 1 aromatic carbocycles. The lowest BCUT2D eigenvalue weighted by Gasteiger charge is -2.28. The van der Waals surface area contributed by atoms with E-state index in [1.165, 1.54) is 0 Å². The van der Waals surface area contributed by atoms with Crippen LogP contribution < -0.4 is 4.90 Å². The minimum absolute atomic E-state index is 0.283. The molecular formula is C20H26N2O3S2. The van der Waals surface area contributed by atoms with Gasteiger partial charge in [0, 0.05) is 18.8 Å². The number of rotatable bonds is 8. The normalized spacial score (nSPS) is 16.1. The van der Waals surface area contributed by atoms with Crippen molar-refractivity contribution in [3.63, 3.8) is 0 Å². The maximum atomic E-state index is 12.4. The van der Waals surface area contributed by atoms with E-state index in [1.807, 2.05) is 12.1 Å². The van der Waals surface area contributed by atoms with Crippen LogP contribution >= 0.6 is 24.0 Å². The van der Waals surface area contributed by atoms with E-state index in [0.29, 0.717) is 16.7 Å². The van der Waals surface area contributed by atoms with E-state index < -0.39 is 12.5 Å². The molecule has 0 unspecified atom stereocenters. The van der Waals surface area contributed by atoms with Gasteiger partial charge in [0.05, 0.1) is 4.91 Å². The highest BCUT2D eigenvalue weighted by atomic mass is 32.2. The first-order chi connectivity index (χ1) is 12.7. The molecule has 0 spiro atoms. The molecule has 146 valence electrons. The molecule has 0 aliphatic carbocycles. The summed E-state index contributed by atoms with van der Waals surface area (Å²) >= 11 is 6.26. The van der Waals surface area contributed by atoms with Crippen molar-refractivity contribution in [2.45, 2.75) is 27.7 Å². The number of benzene rings is 1. The molecule has 0 atom stereocenters. The largest absolute Gasteiger partial charge is 0.480 e. The summed E-state index contributed by atoms with van der Waals surface area (Å²) < 4.78 is 0.283. The van der Waals surface area contributed by atoms with Gasteiger partial charge >= 0.3 is 5.97 Å². The number of anilines is 1. The zero-order valence-electron chi connectivity index (χ0n) is 16.1. The Hall–Kier alpha value is -1.86. The SMILES string of the molecule is CC(C)CN(CC(C)C)c1ccc(C=C2SC(=S)N(CC(=O)O)C2=O)cc1. The van der Waals surface area contributed by atoms with Crippen LogP contribution in [0.25, 0.3) is 6.08 Å². The highest BCUT2D eigenvalue weighted by Crippen LogP contribution is 2.32. The van der Waals surface area contributed by atoms with Crippen LogP contribution in [0.15, 0.2) is 29.2 Å². The molecule has 2 rings (SSSR count). The highest BCUT2D eigenvalue weighted by molar-refractivity contribution is 8.26. The summed E-state index contributed by atoms with van der Waals surface area (Å²) in [6, 6.07) is 8.09.